The van der Waals surface area contributed by atoms with Crippen molar-refractivity contribution in [2.45, 2.75) is 11.8 Å². The summed E-state index contributed by atoms with van der Waals surface area (Å²) in [6.45, 7) is 2.26. The Morgan fingerprint density at radius 1 is 1.27 bits per heavy atom. The summed E-state index contributed by atoms with van der Waals surface area (Å²) in [5.41, 5.74) is 0.204. The van der Waals surface area contributed by atoms with Crippen LogP contribution in [0.15, 0.2) is 23.1 Å². The maximum Gasteiger partial charge on any atom is 0.411 e. The molecular formula is C13H20N2O6S. The summed E-state index contributed by atoms with van der Waals surface area (Å²) in [4.78, 5) is 11.5. The van der Waals surface area contributed by atoms with E-state index in [-0.39, 0.29) is 30.3 Å². The molecule has 1 rings (SSSR count). The molecule has 9 heteroatoms. The summed E-state index contributed by atoms with van der Waals surface area (Å²) in [6.07, 6.45) is -0.692. The minimum absolute atomic E-state index is 0.00352. The maximum atomic E-state index is 12.1. The number of benzene rings is 1. The number of nitrogens with one attached hydrogen (secondary N) is 2. The molecule has 0 aliphatic rings. The van der Waals surface area contributed by atoms with E-state index in [1.54, 1.807) is 6.92 Å². The number of hydrogen-bond donors (Lipinski definition) is 2. The van der Waals surface area contributed by atoms with Crippen molar-refractivity contribution in [3.63, 3.8) is 0 Å². The minimum atomic E-state index is -3.71. The van der Waals surface area contributed by atoms with Gasteiger partial charge in [0.1, 0.15) is 5.75 Å². The molecule has 0 bridgehead atoms. The Labute approximate surface area is 129 Å². The van der Waals surface area contributed by atoms with Crippen molar-refractivity contribution in [2.75, 3.05) is 39.3 Å². The number of hydrogen-bond acceptors (Lipinski definition) is 6. The van der Waals surface area contributed by atoms with E-state index in [1.165, 1.54) is 32.4 Å². The molecule has 1 amide bonds. The van der Waals surface area contributed by atoms with Crippen molar-refractivity contribution in [1.82, 2.24) is 4.72 Å². The second-order valence-corrected chi connectivity index (χ2v) is 5.87. The lowest BCUT2D eigenvalue weighted by molar-refractivity contribution is 0.168. The van der Waals surface area contributed by atoms with E-state index in [0.29, 0.717) is 5.75 Å². The summed E-state index contributed by atoms with van der Waals surface area (Å²) >= 11 is 0. The van der Waals surface area contributed by atoms with Crippen LogP contribution in [0.5, 0.6) is 5.75 Å². The molecule has 0 fully saturated rings. The molecule has 0 atom stereocenters. The molecule has 1 aromatic rings. The molecule has 0 heterocycles. The quantitative estimate of drug-likeness (QED) is 0.693. The van der Waals surface area contributed by atoms with Crippen LogP contribution in [0.1, 0.15) is 6.92 Å². The SMILES string of the molecule is CCOC(=O)Nc1cc(S(=O)(=O)NCCOC)ccc1OC. The molecule has 0 unspecified atom stereocenters. The van der Waals surface area contributed by atoms with Crippen LogP contribution >= 0.6 is 0 Å². The highest BCUT2D eigenvalue weighted by atomic mass is 32.2. The van der Waals surface area contributed by atoms with E-state index in [1.807, 2.05) is 0 Å². The first kappa shape index (κ1) is 18.2. The molecule has 0 aliphatic carbocycles. The lowest BCUT2D eigenvalue weighted by Gasteiger charge is -2.12. The molecule has 0 radical (unpaired) electrons. The van der Waals surface area contributed by atoms with Crippen LogP contribution < -0.4 is 14.8 Å². The van der Waals surface area contributed by atoms with Gasteiger partial charge in [0, 0.05) is 13.7 Å². The van der Waals surface area contributed by atoms with Gasteiger partial charge in [0.15, 0.2) is 0 Å². The largest absolute Gasteiger partial charge is 0.495 e. The van der Waals surface area contributed by atoms with Crippen molar-refractivity contribution in [3.05, 3.63) is 18.2 Å². The van der Waals surface area contributed by atoms with Gasteiger partial charge in [-0.05, 0) is 25.1 Å². The van der Waals surface area contributed by atoms with Crippen LogP contribution in [0.2, 0.25) is 0 Å². The van der Waals surface area contributed by atoms with Crippen LogP contribution in [0.25, 0.3) is 0 Å². The van der Waals surface area contributed by atoms with Gasteiger partial charge in [-0.1, -0.05) is 0 Å². The average molecular weight is 332 g/mol. The Balaban J connectivity index is 3.00. The zero-order chi connectivity index (χ0) is 16.6. The monoisotopic (exact) mass is 332 g/mol. The summed E-state index contributed by atoms with van der Waals surface area (Å²) in [6, 6.07) is 4.13. The van der Waals surface area contributed by atoms with Crippen LogP contribution in [0.3, 0.4) is 0 Å². The number of carbonyl (C=O) groups is 1. The predicted molar refractivity (Wildman–Crippen MR) is 80.7 cm³/mol. The van der Waals surface area contributed by atoms with Gasteiger partial charge in [-0.15, -0.1) is 0 Å². The highest BCUT2D eigenvalue weighted by molar-refractivity contribution is 7.89. The van der Waals surface area contributed by atoms with Crippen molar-refractivity contribution in [2.24, 2.45) is 0 Å². The van der Waals surface area contributed by atoms with Crippen LogP contribution in [-0.2, 0) is 19.5 Å². The number of rotatable bonds is 8. The Bertz CT molecular complexity index is 603. The lowest BCUT2D eigenvalue weighted by Crippen LogP contribution is -2.27. The third-order valence-corrected chi connectivity index (χ3v) is 4.05. The van der Waals surface area contributed by atoms with E-state index >= 15 is 0 Å². The Kier molecular flexibility index (Phi) is 7.09. The van der Waals surface area contributed by atoms with Crippen molar-refractivity contribution in [1.29, 1.82) is 0 Å². The second-order valence-electron chi connectivity index (χ2n) is 4.10. The van der Waals surface area contributed by atoms with Gasteiger partial charge < -0.3 is 14.2 Å². The summed E-state index contributed by atoms with van der Waals surface area (Å²) in [5.74, 6) is 0.323. The fourth-order valence-electron chi connectivity index (χ4n) is 1.59. The molecule has 0 saturated carbocycles. The Morgan fingerprint density at radius 2 is 2.00 bits per heavy atom. The number of ether oxygens (including phenoxy) is 3. The molecule has 2 N–H and O–H groups in total. The van der Waals surface area contributed by atoms with Gasteiger partial charge in [-0.3, -0.25) is 5.32 Å². The van der Waals surface area contributed by atoms with Gasteiger partial charge >= 0.3 is 6.09 Å². The Hall–Kier alpha value is -1.84. The zero-order valence-electron chi connectivity index (χ0n) is 12.7. The highest BCUT2D eigenvalue weighted by Gasteiger charge is 2.17. The fraction of sp³-hybridized carbons (Fsp3) is 0.462. The van der Waals surface area contributed by atoms with E-state index in [0.717, 1.165) is 0 Å². The molecule has 0 saturated heterocycles. The van der Waals surface area contributed by atoms with Gasteiger partial charge in [0.25, 0.3) is 0 Å². The number of anilines is 1. The number of methoxy groups -OCH3 is 2. The van der Waals surface area contributed by atoms with E-state index < -0.39 is 16.1 Å². The zero-order valence-corrected chi connectivity index (χ0v) is 13.5. The van der Waals surface area contributed by atoms with Gasteiger partial charge in [-0.25, -0.2) is 17.9 Å². The first-order valence-electron chi connectivity index (χ1n) is 6.55. The third-order valence-electron chi connectivity index (χ3n) is 2.59. The number of sulfonamides is 1. The van der Waals surface area contributed by atoms with Gasteiger partial charge in [0.05, 0.1) is 30.9 Å². The van der Waals surface area contributed by atoms with E-state index in [4.69, 9.17) is 14.2 Å². The van der Waals surface area contributed by atoms with Gasteiger partial charge in [-0.2, -0.15) is 0 Å². The van der Waals surface area contributed by atoms with Crippen LogP contribution in [-0.4, -0.2) is 48.5 Å². The summed E-state index contributed by atoms with van der Waals surface area (Å²) in [5, 5.41) is 2.44. The van der Waals surface area contributed by atoms with Gasteiger partial charge in [0.2, 0.25) is 10.0 Å². The van der Waals surface area contributed by atoms with Crippen LogP contribution in [0, 0.1) is 0 Å². The third kappa shape index (κ3) is 5.17. The van der Waals surface area contributed by atoms with Crippen molar-refractivity contribution < 1.29 is 27.4 Å². The van der Waals surface area contributed by atoms with E-state index in [2.05, 4.69) is 10.0 Å². The predicted octanol–water partition coefficient (Wildman–Crippen LogP) is 1.19. The fourth-order valence-corrected chi connectivity index (χ4v) is 2.63. The topological polar surface area (TPSA) is 103 Å². The molecular weight excluding hydrogens is 312 g/mol. The first-order chi connectivity index (χ1) is 10.4. The summed E-state index contributed by atoms with van der Waals surface area (Å²) in [7, 11) is -0.817. The number of amides is 1. The normalized spacial score (nSPS) is 11.0. The van der Waals surface area contributed by atoms with Crippen LogP contribution in [0.4, 0.5) is 10.5 Å². The molecule has 22 heavy (non-hydrogen) atoms. The molecule has 0 aromatic heterocycles. The molecule has 0 aliphatic heterocycles. The lowest BCUT2D eigenvalue weighted by atomic mass is 10.3. The van der Waals surface area contributed by atoms with Crippen molar-refractivity contribution in [3.8, 4) is 5.75 Å². The molecule has 124 valence electrons. The smallest absolute Gasteiger partial charge is 0.411 e. The van der Waals surface area contributed by atoms with E-state index in [9.17, 15) is 13.2 Å². The number of carbonyl (C=O) groups excluding carboxylic acids is 1. The first-order valence-corrected chi connectivity index (χ1v) is 8.03. The Morgan fingerprint density at radius 3 is 2.59 bits per heavy atom. The highest BCUT2D eigenvalue weighted by Crippen LogP contribution is 2.27. The molecule has 1 aromatic carbocycles. The minimum Gasteiger partial charge on any atom is -0.495 e. The standard InChI is InChI=1S/C13H20N2O6S/c1-4-21-13(16)15-11-9-10(5-6-12(11)20-3)22(17,18)14-7-8-19-2/h5-6,9,14H,4,7-8H2,1-3H3,(H,15,16). The van der Waals surface area contributed by atoms with Crippen molar-refractivity contribution >= 4 is 21.8 Å². The summed E-state index contributed by atoms with van der Waals surface area (Å²) < 4.78 is 41.3. The second kappa shape index (κ2) is 8.57. The molecule has 0 spiro atoms. The maximum absolute atomic E-state index is 12.1. The molecule has 8 nitrogen and oxygen atoms in total. The average Bonchev–Trinajstić information content (AvgIpc) is 2.47.